The lowest BCUT2D eigenvalue weighted by atomic mass is 9.91. The molecule has 0 fully saturated rings. The lowest BCUT2D eigenvalue weighted by molar-refractivity contribution is 0.414. The van der Waals surface area contributed by atoms with Crippen molar-refractivity contribution in [1.29, 1.82) is 0 Å². The molecule has 4 heteroatoms. The maximum Gasteiger partial charge on any atom is 0.182 e. The van der Waals surface area contributed by atoms with Crippen LogP contribution < -0.4 is 10.2 Å². The molecule has 0 aromatic heterocycles. The van der Waals surface area contributed by atoms with Gasteiger partial charge in [-0.1, -0.05) is 6.07 Å². The largest absolute Gasteiger partial charge is 0.508 e. The van der Waals surface area contributed by atoms with Crippen LogP contribution >= 0.6 is 0 Å². The monoisotopic (exact) mass is 332 g/mol. The van der Waals surface area contributed by atoms with Crippen molar-refractivity contribution in [3.63, 3.8) is 0 Å². The summed E-state index contributed by atoms with van der Waals surface area (Å²) in [5.41, 5.74) is 4.31. The molecule has 4 nitrogen and oxygen atoms in total. The van der Waals surface area contributed by atoms with Crippen LogP contribution in [0.15, 0.2) is 63.8 Å². The first-order valence-corrected chi connectivity index (χ1v) is 7.91. The Balaban J connectivity index is 2.15. The Hall–Kier alpha value is -3.27. The molecule has 0 saturated heterocycles. The van der Waals surface area contributed by atoms with Crippen molar-refractivity contribution in [2.45, 2.75) is 6.92 Å². The van der Waals surface area contributed by atoms with Crippen LogP contribution in [0.5, 0.6) is 11.5 Å². The number of fused-ring (bicyclic) bond motifs is 2. The summed E-state index contributed by atoms with van der Waals surface area (Å²) in [5, 5.41) is 10.7. The number of aromatic hydroxyl groups is 1. The summed E-state index contributed by atoms with van der Waals surface area (Å²) in [4.78, 5) is 11.8. The highest BCUT2D eigenvalue weighted by atomic mass is 16.5. The molecule has 1 aliphatic carbocycles. The van der Waals surface area contributed by atoms with Crippen molar-refractivity contribution in [1.82, 2.24) is 0 Å². The molecule has 1 N–H and O–H groups in total. The molecule has 0 unspecified atom stereocenters. The van der Waals surface area contributed by atoms with E-state index in [2.05, 4.69) is 0 Å². The summed E-state index contributed by atoms with van der Waals surface area (Å²) in [6.45, 7) is 2.02. The second-order valence-electron chi connectivity index (χ2n) is 6.00. The SMILES string of the molecule is COc1ccc(-c2c3ccc(=O)cc-3oc3cc(O)ccc23)c(C)c1. The topological polar surface area (TPSA) is 59.7 Å². The van der Waals surface area contributed by atoms with Crippen LogP contribution in [-0.2, 0) is 0 Å². The normalized spacial score (nSPS) is 11.1. The van der Waals surface area contributed by atoms with Gasteiger partial charge in [0.05, 0.1) is 7.11 Å². The van der Waals surface area contributed by atoms with Crippen LogP contribution in [0.4, 0.5) is 0 Å². The maximum atomic E-state index is 11.8. The molecule has 0 amide bonds. The van der Waals surface area contributed by atoms with E-state index in [0.29, 0.717) is 11.3 Å². The van der Waals surface area contributed by atoms with Crippen molar-refractivity contribution in [3.8, 4) is 33.9 Å². The second kappa shape index (κ2) is 5.67. The van der Waals surface area contributed by atoms with E-state index in [0.717, 1.165) is 33.4 Å². The van der Waals surface area contributed by atoms with E-state index in [1.807, 2.05) is 31.2 Å². The highest BCUT2D eigenvalue weighted by Crippen LogP contribution is 2.42. The average molecular weight is 332 g/mol. The van der Waals surface area contributed by atoms with Gasteiger partial charge in [0.15, 0.2) is 5.43 Å². The molecule has 1 heterocycles. The second-order valence-corrected chi connectivity index (χ2v) is 6.00. The van der Waals surface area contributed by atoms with Crippen LogP contribution in [0.25, 0.3) is 33.4 Å². The highest BCUT2D eigenvalue weighted by molar-refractivity contribution is 6.02. The summed E-state index contributed by atoms with van der Waals surface area (Å²) in [7, 11) is 1.64. The van der Waals surface area contributed by atoms with Crippen LogP contribution in [0.1, 0.15) is 5.56 Å². The minimum atomic E-state index is -0.117. The molecule has 0 atom stereocenters. The van der Waals surface area contributed by atoms with Gasteiger partial charge in [-0.25, -0.2) is 0 Å². The molecule has 4 rings (SSSR count). The number of benzene rings is 3. The molecule has 0 bridgehead atoms. The number of ether oxygens (including phenoxy) is 1. The first-order valence-electron chi connectivity index (χ1n) is 7.91. The van der Waals surface area contributed by atoms with Crippen LogP contribution in [0.2, 0.25) is 0 Å². The maximum absolute atomic E-state index is 11.8. The molecule has 0 saturated carbocycles. The molecular formula is C21H16O4. The van der Waals surface area contributed by atoms with Crippen LogP contribution in [-0.4, -0.2) is 12.2 Å². The van der Waals surface area contributed by atoms with E-state index < -0.39 is 0 Å². The van der Waals surface area contributed by atoms with Crippen molar-refractivity contribution in [2.75, 3.05) is 7.11 Å². The van der Waals surface area contributed by atoms with Crippen molar-refractivity contribution in [3.05, 3.63) is 70.4 Å². The predicted molar refractivity (Wildman–Crippen MR) is 97.5 cm³/mol. The summed E-state index contributed by atoms with van der Waals surface area (Å²) >= 11 is 0. The fraction of sp³-hybridized carbons (Fsp3) is 0.0952. The van der Waals surface area contributed by atoms with E-state index >= 15 is 0 Å². The van der Waals surface area contributed by atoms with Gasteiger partial charge in [0.2, 0.25) is 0 Å². The fourth-order valence-electron chi connectivity index (χ4n) is 3.19. The lowest BCUT2D eigenvalue weighted by Gasteiger charge is -2.17. The van der Waals surface area contributed by atoms with E-state index in [1.54, 1.807) is 25.3 Å². The summed E-state index contributed by atoms with van der Waals surface area (Å²) < 4.78 is 11.2. The number of phenolic OH excluding ortho intramolecular Hbond substituents is 1. The van der Waals surface area contributed by atoms with E-state index in [9.17, 15) is 9.90 Å². The van der Waals surface area contributed by atoms with Gasteiger partial charge in [0.1, 0.15) is 22.8 Å². The first-order chi connectivity index (χ1) is 12.1. The van der Waals surface area contributed by atoms with Crippen molar-refractivity contribution >= 4 is 11.0 Å². The number of aryl methyl sites for hydroxylation is 1. The Morgan fingerprint density at radius 3 is 2.52 bits per heavy atom. The summed E-state index contributed by atoms with van der Waals surface area (Å²) in [6.07, 6.45) is 0. The third kappa shape index (κ3) is 2.52. The van der Waals surface area contributed by atoms with Gasteiger partial charge < -0.3 is 14.3 Å². The Kier molecular flexibility index (Phi) is 3.46. The number of phenols is 1. The molecule has 0 spiro atoms. The molecule has 25 heavy (non-hydrogen) atoms. The number of hydrogen-bond acceptors (Lipinski definition) is 4. The Bertz CT molecular complexity index is 1120. The van der Waals surface area contributed by atoms with Crippen molar-refractivity contribution in [2.24, 2.45) is 0 Å². The average Bonchev–Trinajstić information content (AvgIpc) is 2.59. The first kappa shape index (κ1) is 15.3. The molecule has 2 aromatic rings. The van der Waals surface area contributed by atoms with Gasteiger partial charge in [-0.05, 0) is 54.4 Å². The standard InChI is InChI=1S/C21H16O4/c1-12-9-15(24-2)5-8-16(12)21-17-6-3-13(22)10-19(17)25-20-11-14(23)4-7-18(20)21/h3-11,22H,1-2H3. The van der Waals surface area contributed by atoms with E-state index in [1.165, 1.54) is 12.1 Å². The molecule has 1 aliphatic heterocycles. The van der Waals surface area contributed by atoms with E-state index in [4.69, 9.17) is 9.15 Å². The smallest absolute Gasteiger partial charge is 0.182 e. The number of methoxy groups -OCH3 is 1. The zero-order valence-electron chi connectivity index (χ0n) is 13.9. The molecule has 2 aromatic carbocycles. The quantitative estimate of drug-likeness (QED) is 0.546. The Labute approximate surface area is 144 Å². The van der Waals surface area contributed by atoms with E-state index in [-0.39, 0.29) is 11.2 Å². The van der Waals surface area contributed by atoms with Gasteiger partial charge in [0, 0.05) is 28.6 Å². The zero-order valence-corrected chi connectivity index (χ0v) is 13.9. The number of rotatable bonds is 2. The molecule has 0 radical (unpaired) electrons. The minimum Gasteiger partial charge on any atom is -0.508 e. The Morgan fingerprint density at radius 2 is 1.76 bits per heavy atom. The summed E-state index contributed by atoms with van der Waals surface area (Å²) in [5.74, 6) is 1.40. The van der Waals surface area contributed by atoms with Gasteiger partial charge in [-0.2, -0.15) is 0 Å². The zero-order chi connectivity index (χ0) is 17.6. The third-order valence-electron chi connectivity index (χ3n) is 4.38. The molecular weight excluding hydrogens is 316 g/mol. The lowest BCUT2D eigenvalue weighted by Crippen LogP contribution is -2.00. The molecule has 2 aliphatic rings. The summed E-state index contributed by atoms with van der Waals surface area (Å²) in [6, 6.07) is 15.7. The highest BCUT2D eigenvalue weighted by Gasteiger charge is 2.19. The fourth-order valence-corrected chi connectivity index (χ4v) is 3.19. The van der Waals surface area contributed by atoms with Crippen LogP contribution in [0.3, 0.4) is 0 Å². The van der Waals surface area contributed by atoms with Gasteiger partial charge in [-0.15, -0.1) is 0 Å². The van der Waals surface area contributed by atoms with Crippen molar-refractivity contribution < 1.29 is 14.3 Å². The van der Waals surface area contributed by atoms with Gasteiger partial charge in [0.25, 0.3) is 0 Å². The van der Waals surface area contributed by atoms with Crippen LogP contribution in [0, 0.1) is 6.92 Å². The third-order valence-corrected chi connectivity index (χ3v) is 4.38. The number of hydrogen-bond donors (Lipinski definition) is 1. The minimum absolute atomic E-state index is 0.117. The molecule has 124 valence electrons. The predicted octanol–water partition coefficient (Wildman–Crippen LogP) is 4.59. The van der Waals surface area contributed by atoms with Gasteiger partial charge >= 0.3 is 0 Å². The Morgan fingerprint density at radius 1 is 0.960 bits per heavy atom. The van der Waals surface area contributed by atoms with Gasteiger partial charge in [-0.3, -0.25) is 4.79 Å².